The number of rotatable bonds is 2. The van der Waals surface area contributed by atoms with Crippen LogP contribution < -0.4 is 5.43 Å². The molecule has 0 bridgehead atoms. The zero-order chi connectivity index (χ0) is 15.0. The molecule has 1 spiro atoms. The van der Waals surface area contributed by atoms with Gasteiger partial charge in [-0.25, -0.2) is 4.79 Å². The van der Waals surface area contributed by atoms with Crippen LogP contribution in [0.4, 0.5) is 0 Å². The maximum Gasteiger partial charge on any atom is 0.358 e. The van der Waals surface area contributed by atoms with Crippen molar-refractivity contribution in [3.8, 4) is 5.75 Å². The van der Waals surface area contributed by atoms with Crippen molar-refractivity contribution < 1.29 is 19.4 Å². The summed E-state index contributed by atoms with van der Waals surface area (Å²) in [5.41, 5.74) is 0.0377. The monoisotopic (exact) mass is 293 g/mol. The first-order valence-corrected chi connectivity index (χ1v) is 7.39. The van der Waals surface area contributed by atoms with Gasteiger partial charge in [0.1, 0.15) is 5.60 Å². The van der Waals surface area contributed by atoms with E-state index in [4.69, 9.17) is 9.47 Å². The number of aromatic amines is 1. The molecule has 0 saturated heterocycles. The van der Waals surface area contributed by atoms with E-state index in [1.807, 2.05) is 0 Å². The van der Waals surface area contributed by atoms with Crippen LogP contribution >= 0.6 is 0 Å². The summed E-state index contributed by atoms with van der Waals surface area (Å²) in [7, 11) is 0. The van der Waals surface area contributed by atoms with Crippen LogP contribution in [0.3, 0.4) is 0 Å². The molecule has 0 aromatic carbocycles. The molecular formula is C15H19NO5. The Kier molecular flexibility index (Phi) is 3.49. The molecule has 1 aromatic heterocycles. The van der Waals surface area contributed by atoms with Gasteiger partial charge in [0.15, 0.2) is 11.4 Å². The van der Waals surface area contributed by atoms with Crippen LogP contribution in [0, 0.1) is 0 Å². The van der Waals surface area contributed by atoms with E-state index in [0.717, 1.165) is 25.7 Å². The Morgan fingerprint density at radius 1 is 1.43 bits per heavy atom. The summed E-state index contributed by atoms with van der Waals surface area (Å²) in [6.07, 6.45) is 3.95. The summed E-state index contributed by atoms with van der Waals surface area (Å²) in [4.78, 5) is 27.2. The fourth-order valence-electron chi connectivity index (χ4n) is 3.09. The molecule has 6 heteroatoms. The standard InChI is InChI=1S/C15H19NO5/c1-2-20-14(19)10-12(18)11(17)9-5-3-8-21-15(6-4-7-15)13(9)16-10/h18H,2-8H2,1H3,(H,16,17). The summed E-state index contributed by atoms with van der Waals surface area (Å²) >= 11 is 0. The number of fused-ring (bicyclic) bond motifs is 2. The Morgan fingerprint density at radius 3 is 2.81 bits per heavy atom. The van der Waals surface area contributed by atoms with Gasteiger partial charge in [-0.1, -0.05) is 0 Å². The van der Waals surface area contributed by atoms with E-state index in [9.17, 15) is 14.7 Å². The lowest BCUT2D eigenvalue weighted by Crippen LogP contribution is -2.40. The second-order valence-electron chi connectivity index (χ2n) is 5.55. The Morgan fingerprint density at radius 2 is 2.19 bits per heavy atom. The molecule has 1 saturated carbocycles. The summed E-state index contributed by atoms with van der Waals surface area (Å²) in [5.74, 6) is -1.27. The molecule has 1 fully saturated rings. The minimum Gasteiger partial charge on any atom is -0.502 e. The number of aromatic nitrogens is 1. The third kappa shape index (κ3) is 2.14. The molecule has 0 radical (unpaired) electrons. The molecule has 21 heavy (non-hydrogen) atoms. The highest BCUT2D eigenvalue weighted by atomic mass is 16.5. The van der Waals surface area contributed by atoms with Gasteiger partial charge in [0, 0.05) is 12.2 Å². The van der Waals surface area contributed by atoms with Crippen LogP contribution in [-0.2, 0) is 21.5 Å². The van der Waals surface area contributed by atoms with Gasteiger partial charge in [0.25, 0.3) is 0 Å². The molecular weight excluding hydrogens is 274 g/mol. The largest absolute Gasteiger partial charge is 0.502 e. The first kappa shape index (κ1) is 14.1. The predicted octanol–water partition coefficient (Wildman–Crippen LogP) is 1.60. The van der Waals surface area contributed by atoms with E-state index in [0.29, 0.717) is 24.3 Å². The van der Waals surface area contributed by atoms with Crippen molar-refractivity contribution in [3.63, 3.8) is 0 Å². The maximum atomic E-state index is 12.4. The third-order valence-electron chi connectivity index (χ3n) is 4.32. The van der Waals surface area contributed by atoms with Crippen LogP contribution in [0.5, 0.6) is 5.75 Å². The average molecular weight is 293 g/mol. The SMILES string of the molecule is CCOC(=O)c1[nH]c2c(c(=O)c1O)CCCOC21CCC1. The molecule has 0 unspecified atom stereocenters. The van der Waals surface area contributed by atoms with E-state index < -0.39 is 22.7 Å². The molecule has 6 nitrogen and oxygen atoms in total. The van der Waals surface area contributed by atoms with Crippen LogP contribution in [0.25, 0.3) is 0 Å². The van der Waals surface area contributed by atoms with Crippen molar-refractivity contribution in [1.29, 1.82) is 0 Å². The summed E-state index contributed by atoms with van der Waals surface area (Å²) < 4.78 is 10.8. The zero-order valence-corrected chi connectivity index (χ0v) is 12.0. The van der Waals surface area contributed by atoms with Crippen LogP contribution in [0.15, 0.2) is 4.79 Å². The van der Waals surface area contributed by atoms with Crippen molar-refractivity contribution in [3.05, 3.63) is 27.2 Å². The van der Waals surface area contributed by atoms with Gasteiger partial charge in [-0.15, -0.1) is 0 Å². The van der Waals surface area contributed by atoms with Crippen molar-refractivity contribution in [2.24, 2.45) is 0 Å². The average Bonchev–Trinajstić information content (AvgIpc) is 2.62. The lowest BCUT2D eigenvalue weighted by atomic mass is 9.75. The number of carbonyl (C=O) groups excluding carboxylic acids is 1. The van der Waals surface area contributed by atoms with E-state index in [-0.39, 0.29) is 12.3 Å². The topological polar surface area (TPSA) is 88.6 Å². The highest BCUT2D eigenvalue weighted by Gasteiger charge is 2.44. The maximum absolute atomic E-state index is 12.4. The fourth-order valence-corrected chi connectivity index (χ4v) is 3.09. The minimum absolute atomic E-state index is 0.169. The number of carbonyl (C=O) groups is 1. The third-order valence-corrected chi connectivity index (χ3v) is 4.32. The summed E-state index contributed by atoms with van der Waals surface area (Å²) in [6, 6.07) is 0. The minimum atomic E-state index is -0.714. The zero-order valence-electron chi connectivity index (χ0n) is 12.0. The molecule has 2 N–H and O–H groups in total. The number of ether oxygens (including phenoxy) is 2. The molecule has 0 atom stereocenters. The van der Waals surface area contributed by atoms with E-state index in [1.165, 1.54) is 0 Å². The van der Waals surface area contributed by atoms with Gasteiger partial charge < -0.3 is 19.6 Å². The fraction of sp³-hybridized carbons (Fsp3) is 0.600. The number of aromatic hydroxyl groups is 1. The summed E-state index contributed by atoms with van der Waals surface area (Å²) in [5, 5.41) is 10.0. The van der Waals surface area contributed by atoms with Gasteiger partial charge >= 0.3 is 5.97 Å². The van der Waals surface area contributed by atoms with Crippen molar-refractivity contribution >= 4 is 5.97 Å². The summed E-state index contributed by atoms with van der Waals surface area (Å²) in [6.45, 7) is 2.43. The van der Waals surface area contributed by atoms with Gasteiger partial charge in [-0.2, -0.15) is 0 Å². The Labute approximate surface area is 122 Å². The van der Waals surface area contributed by atoms with Crippen molar-refractivity contribution in [1.82, 2.24) is 4.98 Å². The second-order valence-corrected chi connectivity index (χ2v) is 5.55. The first-order chi connectivity index (χ1) is 10.1. The quantitative estimate of drug-likeness (QED) is 0.809. The Hall–Kier alpha value is -1.82. The van der Waals surface area contributed by atoms with E-state index >= 15 is 0 Å². The smallest absolute Gasteiger partial charge is 0.358 e. The number of hydrogen-bond donors (Lipinski definition) is 2. The molecule has 0 amide bonds. The lowest BCUT2D eigenvalue weighted by Gasteiger charge is -2.41. The predicted molar refractivity (Wildman–Crippen MR) is 74.5 cm³/mol. The Bertz CT molecular complexity index is 630. The lowest BCUT2D eigenvalue weighted by molar-refractivity contribution is -0.106. The van der Waals surface area contributed by atoms with Crippen LogP contribution in [-0.4, -0.2) is 29.3 Å². The van der Waals surface area contributed by atoms with Gasteiger partial charge in [0.2, 0.25) is 5.43 Å². The van der Waals surface area contributed by atoms with Gasteiger partial charge in [-0.3, -0.25) is 4.79 Å². The molecule has 3 rings (SSSR count). The van der Waals surface area contributed by atoms with Gasteiger partial charge in [-0.05, 0) is 39.0 Å². The number of nitrogens with one attached hydrogen (secondary N) is 1. The van der Waals surface area contributed by atoms with Gasteiger partial charge in [0.05, 0.1) is 12.3 Å². The van der Waals surface area contributed by atoms with Crippen molar-refractivity contribution in [2.45, 2.75) is 44.6 Å². The molecule has 2 heterocycles. The number of esters is 1. The second kappa shape index (κ2) is 5.18. The number of H-pyrrole nitrogens is 1. The number of pyridine rings is 1. The number of hydrogen-bond acceptors (Lipinski definition) is 5. The van der Waals surface area contributed by atoms with Crippen LogP contribution in [0.1, 0.15) is 54.4 Å². The molecule has 2 aliphatic rings. The molecule has 1 aliphatic heterocycles. The van der Waals surface area contributed by atoms with Crippen LogP contribution in [0.2, 0.25) is 0 Å². The Balaban J connectivity index is 2.17. The molecule has 1 aliphatic carbocycles. The molecule has 114 valence electrons. The molecule has 1 aromatic rings. The highest BCUT2D eigenvalue weighted by molar-refractivity contribution is 5.90. The van der Waals surface area contributed by atoms with Crippen molar-refractivity contribution in [2.75, 3.05) is 13.2 Å². The first-order valence-electron chi connectivity index (χ1n) is 7.39. The highest BCUT2D eigenvalue weighted by Crippen LogP contribution is 2.46. The van der Waals surface area contributed by atoms with E-state index in [2.05, 4.69) is 4.98 Å². The normalized spacial score (nSPS) is 19.5. The van der Waals surface area contributed by atoms with E-state index in [1.54, 1.807) is 6.92 Å².